The third kappa shape index (κ3) is 4.92. The summed E-state index contributed by atoms with van der Waals surface area (Å²) in [6.07, 6.45) is 10.9. The molecule has 0 N–H and O–H groups in total. The Kier molecular flexibility index (Phi) is 6.87. The second-order valence-corrected chi connectivity index (χ2v) is 6.04. The molecule has 0 spiro atoms. The Balaban J connectivity index is 1.79. The van der Waals surface area contributed by atoms with Crippen molar-refractivity contribution in [1.82, 2.24) is 4.57 Å². The lowest BCUT2D eigenvalue weighted by molar-refractivity contribution is 0.556. The summed E-state index contributed by atoms with van der Waals surface area (Å²) in [5.41, 5.74) is 1.17. The van der Waals surface area contributed by atoms with Crippen molar-refractivity contribution in [3.05, 3.63) is 46.8 Å². The summed E-state index contributed by atoms with van der Waals surface area (Å²) in [4.78, 5) is 11.8. The Morgan fingerprint density at radius 1 is 0.857 bits per heavy atom. The third-order valence-electron chi connectivity index (χ3n) is 3.94. The summed E-state index contributed by atoms with van der Waals surface area (Å²) in [7, 11) is 0. The first kappa shape index (κ1) is 16.2. The molecule has 1 aromatic heterocycles. The SMILES string of the molecule is O=c1ccn(CCCCCCCCCS)c2ccccc12. The summed E-state index contributed by atoms with van der Waals surface area (Å²) in [6.45, 7) is 0.997. The number of hydrogen-bond acceptors (Lipinski definition) is 2. The quantitative estimate of drug-likeness (QED) is 0.528. The van der Waals surface area contributed by atoms with E-state index in [2.05, 4.69) is 17.2 Å². The molecule has 2 aromatic rings. The van der Waals surface area contributed by atoms with Crippen LogP contribution in [0.3, 0.4) is 0 Å². The van der Waals surface area contributed by atoms with E-state index < -0.39 is 0 Å². The Morgan fingerprint density at radius 3 is 2.29 bits per heavy atom. The van der Waals surface area contributed by atoms with Crippen LogP contribution in [0.1, 0.15) is 44.9 Å². The maximum atomic E-state index is 11.8. The molecule has 1 aromatic carbocycles. The largest absolute Gasteiger partial charge is 0.347 e. The Bertz CT molecular complexity index is 605. The van der Waals surface area contributed by atoms with E-state index in [4.69, 9.17) is 0 Å². The minimum absolute atomic E-state index is 0.117. The summed E-state index contributed by atoms with van der Waals surface area (Å²) in [5, 5.41) is 0.826. The molecular formula is C18H25NOS. The Hall–Kier alpha value is -1.22. The normalized spacial score (nSPS) is 11.1. The molecule has 3 heteroatoms. The number of nitrogens with zero attached hydrogens (tertiary/aromatic N) is 1. The number of hydrogen-bond donors (Lipinski definition) is 1. The number of fused-ring (bicyclic) bond motifs is 1. The fraction of sp³-hybridized carbons (Fsp3) is 0.500. The van der Waals surface area contributed by atoms with E-state index in [9.17, 15) is 4.79 Å². The van der Waals surface area contributed by atoms with Crippen molar-refractivity contribution in [2.24, 2.45) is 0 Å². The third-order valence-corrected chi connectivity index (χ3v) is 4.26. The molecule has 2 rings (SSSR count). The van der Waals surface area contributed by atoms with Gasteiger partial charge in [0.15, 0.2) is 5.43 Å². The van der Waals surface area contributed by atoms with Gasteiger partial charge in [-0.3, -0.25) is 4.79 Å². The number of rotatable bonds is 9. The smallest absolute Gasteiger partial charge is 0.189 e. The van der Waals surface area contributed by atoms with Crippen LogP contribution in [0.15, 0.2) is 41.3 Å². The first-order valence-electron chi connectivity index (χ1n) is 8.02. The van der Waals surface area contributed by atoms with Gasteiger partial charge in [-0.25, -0.2) is 0 Å². The molecule has 0 aliphatic rings. The monoisotopic (exact) mass is 303 g/mol. The molecule has 0 saturated heterocycles. The first-order valence-corrected chi connectivity index (χ1v) is 8.65. The predicted molar refractivity (Wildman–Crippen MR) is 94.4 cm³/mol. The summed E-state index contributed by atoms with van der Waals surface area (Å²) < 4.78 is 2.21. The van der Waals surface area contributed by atoms with E-state index in [1.54, 1.807) is 6.07 Å². The fourth-order valence-electron chi connectivity index (χ4n) is 2.73. The topological polar surface area (TPSA) is 22.0 Å². The van der Waals surface area contributed by atoms with E-state index in [0.717, 1.165) is 23.2 Å². The highest BCUT2D eigenvalue weighted by molar-refractivity contribution is 7.80. The zero-order chi connectivity index (χ0) is 14.9. The van der Waals surface area contributed by atoms with Gasteiger partial charge in [-0.05, 0) is 30.7 Å². The van der Waals surface area contributed by atoms with Crippen LogP contribution in [-0.2, 0) is 6.54 Å². The van der Waals surface area contributed by atoms with Gasteiger partial charge in [-0.2, -0.15) is 12.6 Å². The van der Waals surface area contributed by atoms with Gasteiger partial charge in [0.1, 0.15) is 0 Å². The van der Waals surface area contributed by atoms with Gasteiger partial charge in [0.2, 0.25) is 0 Å². The first-order chi connectivity index (χ1) is 10.3. The molecule has 0 unspecified atom stereocenters. The van der Waals surface area contributed by atoms with Crippen molar-refractivity contribution >= 4 is 23.5 Å². The number of aromatic nitrogens is 1. The molecule has 0 aliphatic heterocycles. The van der Waals surface area contributed by atoms with Crippen LogP contribution in [0.2, 0.25) is 0 Å². The molecule has 1 heterocycles. The van der Waals surface area contributed by atoms with Crippen molar-refractivity contribution in [1.29, 1.82) is 0 Å². The summed E-state index contributed by atoms with van der Waals surface area (Å²) in [5.74, 6) is 1.01. The summed E-state index contributed by atoms with van der Waals surface area (Å²) >= 11 is 4.23. The average Bonchev–Trinajstić information content (AvgIpc) is 2.52. The van der Waals surface area contributed by atoms with Gasteiger partial charge < -0.3 is 4.57 Å². The van der Waals surface area contributed by atoms with Crippen LogP contribution in [0.25, 0.3) is 10.9 Å². The Labute approximate surface area is 132 Å². The van der Waals surface area contributed by atoms with Gasteiger partial charge in [-0.1, -0.05) is 44.2 Å². The average molecular weight is 303 g/mol. The molecule has 0 saturated carbocycles. The fourth-order valence-corrected chi connectivity index (χ4v) is 2.96. The number of pyridine rings is 1. The highest BCUT2D eigenvalue weighted by atomic mass is 32.1. The van der Waals surface area contributed by atoms with Crippen molar-refractivity contribution < 1.29 is 0 Å². The minimum Gasteiger partial charge on any atom is -0.347 e. The van der Waals surface area contributed by atoms with Gasteiger partial charge in [0.05, 0.1) is 5.52 Å². The van der Waals surface area contributed by atoms with E-state index >= 15 is 0 Å². The summed E-state index contributed by atoms with van der Waals surface area (Å²) in [6, 6.07) is 9.56. The molecule has 0 fully saturated rings. The van der Waals surface area contributed by atoms with Crippen LogP contribution in [0, 0.1) is 0 Å². The lowest BCUT2D eigenvalue weighted by Gasteiger charge is -2.10. The number of aryl methyl sites for hydroxylation is 1. The van der Waals surface area contributed by atoms with Crippen molar-refractivity contribution in [3.8, 4) is 0 Å². The zero-order valence-corrected chi connectivity index (χ0v) is 13.5. The van der Waals surface area contributed by atoms with Crippen molar-refractivity contribution in [2.45, 2.75) is 51.5 Å². The van der Waals surface area contributed by atoms with Crippen LogP contribution < -0.4 is 5.43 Å². The standard InChI is InChI=1S/C18H25NOS/c20-18-12-14-19(17-11-7-6-10-16(17)18)13-8-4-2-1-3-5-9-15-21/h6-7,10-12,14,21H,1-5,8-9,13,15H2. The van der Waals surface area contributed by atoms with Crippen molar-refractivity contribution in [2.75, 3.05) is 5.75 Å². The zero-order valence-electron chi connectivity index (χ0n) is 12.6. The number of thiol groups is 1. The molecule has 0 amide bonds. The van der Waals surface area contributed by atoms with E-state index in [1.807, 2.05) is 30.5 Å². The molecule has 21 heavy (non-hydrogen) atoms. The van der Waals surface area contributed by atoms with Crippen LogP contribution in [0.5, 0.6) is 0 Å². The van der Waals surface area contributed by atoms with Crippen molar-refractivity contribution in [3.63, 3.8) is 0 Å². The maximum Gasteiger partial charge on any atom is 0.189 e. The lowest BCUT2D eigenvalue weighted by Crippen LogP contribution is -2.08. The van der Waals surface area contributed by atoms with Crippen LogP contribution >= 0.6 is 12.6 Å². The molecule has 0 bridgehead atoms. The van der Waals surface area contributed by atoms with E-state index in [-0.39, 0.29) is 5.43 Å². The van der Waals surface area contributed by atoms with Gasteiger partial charge >= 0.3 is 0 Å². The molecule has 114 valence electrons. The number of unbranched alkanes of at least 4 members (excludes halogenated alkanes) is 6. The van der Waals surface area contributed by atoms with Gasteiger partial charge in [-0.15, -0.1) is 0 Å². The number of benzene rings is 1. The molecule has 0 atom stereocenters. The van der Waals surface area contributed by atoms with Crippen LogP contribution in [-0.4, -0.2) is 10.3 Å². The Morgan fingerprint density at radius 2 is 1.52 bits per heavy atom. The van der Waals surface area contributed by atoms with Crippen LogP contribution in [0.4, 0.5) is 0 Å². The number of para-hydroxylation sites is 1. The van der Waals surface area contributed by atoms with E-state index in [0.29, 0.717) is 0 Å². The van der Waals surface area contributed by atoms with Gasteiger partial charge in [0, 0.05) is 24.2 Å². The van der Waals surface area contributed by atoms with E-state index in [1.165, 1.54) is 44.9 Å². The molecule has 0 aliphatic carbocycles. The molecule has 0 radical (unpaired) electrons. The highest BCUT2D eigenvalue weighted by Crippen LogP contribution is 2.12. The van der Waals surface area contributed by atoms with Gasteiger partial charge in [0.25, 0.3) is 0 Å². The second kappa shape index (κ2) is 8.93. The minimum atomic E-state index is 0.117. The molecular weight excluding hydrogens is 278 g/mol. The predicted octanol–water partition coefficient (Wildman–Crippen LogP) is 4.66. The highest BCUT2D eigenvalue weighted by Gasteiger charge is 2.01. The lowest BCUT2D eigenvalue weighted by atomic mass is 10.1. The molecule has 2 nitrogen and oxygen atoms in total. The second-order valence-electron chi connectivity index (χ2n) is 5.59. The maximum absolute atomic E-state index is 11.8.